The fraction of sp³-hybridized carbons (Fsp3) is 0.222. The number of benzene rings is 3. The van der Waals surface area contributed by atoms with Crippen molar-refractivity contribution in [3.8, 4) is 11.5 Å². The van der Waals surface area contributed by atoms with Crippen LogP contribution in [0.4, 0.5) is 0 Å². The Kier molecular flexibility index (Phi) is 2.65. The van der Waals surface area contributed by atoms with Crippen LogP contribution >= 0.6 is 0 Å². The van der Waals surface area contributed by atoms with Crippen molar-refractivity contribution in [2.24, 2.45) is 0 Å². The molecule has 2 nitrogen and oxygen atoms in total. The van der Waals surface area contributed by atoms with Crippen LogP contribution in [0, 0.1) is 27.7 Å². The summed E-state index contributed by atoms with van der Waals surface area (Å²) in [4.78, 5) is 0. The molecule has 0 aliphatic heterocycles. The zero-order valence-corrected chi connectivity index (χ0v) is 12.2. The minimum absolute atomic E-state index is 0.281. The summed E-state index contributed by atoms with van der Waals surface area (Å²) in [5.74, 6) is 0.605. The van der Waals surface area contributed by atoms with Crippen molar-refractivity contribution < 1.29 is 10.2 Å². The van der Waals surface area contributed by atoms with Gasteiger partial charge in [0.05, 0.1) is 0 Å². The Labute approximate surface area is 118 Å². The second kappa shape index (κ2) is 4.14. The number of aromatic hydroxyl groups is 2. The molecular weight excluding hydrogens is 248 g/mol. The lowest BCUT2D eigenvalue weighted by molar-refractivity contribution is 0.472. The molecule has 0 amide bonds. The van der Waals surface area contributed by atoms with Crippen LogP contribution in [0.5, 0.6) is 11.5 Å². The molecule has 2 heteroatoms. The predicted molar refractivity (Wildman–Crippen MR) is 83.7 cm³/mol. The highest BCUT2D eigenvalue weighted by Gasteiger charge is 2.13. The monoisotopic (exact) mass is 266 g/mol. The molecule has 20 heavy (non-hydrogen) atoms. The molecule has 0 radical (unpaired) electrons. The lowest BCUT2D eigenvalue weighted by Crippen LogP contribution is -1.91. The van der Waals surface area contributed by atoms with Crippen molar-refractivity contribution in [1.29, 1.82) is 0 Å². The van der Waals surface area contributed by atoms with Gasteiger partial charge in [-0.3, -0.25) is 0 Å². The normalized spacial score (nSPS) is 11.4. The molecule has 2 N–H and O–H groups in total. The van der Waals surface area contributed by atoms with Crippen LogP contribution in [0.15, 0.2) is 24.3 Å². The first-order chi connectivity index (χ1) is 9.40. The minimum atomic E-state index is 0.281. The second-order valence-corrected chi connectivity index (χ2v) is 5.62. The maximum absolute atomic E-state index is 10.0. The van der Waals surface area contributed by atoms with E-state index in [0.29, 0.717) is 5.75 Å². The number of rotatable bonds is 0. The van der Waals surface area contributed by atoms with Crippen molar-refractivity contribution >= 4 is 21.5 Å². The van der Waals surface area contributed by atoms with E-state index in [0.717, 1.165) is 27.5 Å². The number of hydrogen-bond donors (Lipinski definition) is 2. The quantitative estimate of drug-likeness (QED) is 0.582. The zero-order valence-electron chi connectivity index (χ0n) is 12.2. The summed E-state index contributed by atoms with van der Waals surface area (Å²) in [7, 11) is 0. The van der Waals surface area contributed by atoms with Gasteiger partial charge in [0.15, 0.2) is 0 Å². The molecule has 0 spiro atoms. The molecule has 0 heterocycles. The third-order valence-electron chi connectivity index (χ3n) is 4.21. The van der Waals surface area contributed by atoms with Gasteiger partial charge in [-0.15, -0.1) is 0 Å². The molecule has 3 aromatic carbocycles. The SMILES string of the molecule is Cc1c(O)cc(C)c2c(C)c3c(C)cc(O)cc3cc12. The van der Waals surface area contributed by atoms with E-state index >= 15 is 0 Å². The zero-order chi connectivity index (χ0) is 14.6. The highest BCUT2D eigenvalue weighted by Crippen LogP contribution is 2.38. The summed E-state index contributed by atoms with van der Waals surface area (Å²) >= 11 is 0. The topological polar surface area (TPSA) is 40.5 Å². The van der Waals surface area contributed by atoms with Gasteiger partial charge in [-0.1, -0.05) is 0 Å². The van der Waals surface area contributed by atoms with Crippen LogP contribution in [-0.4, -0.2) is 10.2 Å². The first kappa shape index (κ1) is 12.8. The fourth-order valence-corrected chi connectivity index (χ4v) is 3.30. The molecule has 0 aliphatic rings. The van der Waals surface area contributed by atoms with E-state index in [1.165, 1.54) is 16.3 Å². The van der Waals surface area contributed by atoms with Gasteiger partial charge >= 0.3 is 0 Å². The van der Waals surface area contributed by atoms with E-state index in [1.54, 1.807) is 12.1 Å². The van der Waals surface area contributed by atoms with Crippen molar-refractivity contribution in [2.75, 3.05) is 0 Å². The van der Waals surface area contributed by atoms with E-state index in [-0.39, 0.29) is 5.75 Å². The van der Waals surface area contributed by atoms with Crippen LogP contribution in [0.3, 0.4) is 0 Å². The Balaban J connectivity index is 2.64. The molecule has 0 aliphatic carbocycles. The van der Waals surface area contributed by atoms with Gasteiger partial charge in [0.1, 0.15) is 11.5 Å². The van der Waals surface area contributed by atoms with Crippen molar-refractivity contribution in [2.45, 2.75) is 27.7 Å². The van der Waals surface area contributed by atoms with Crippen LogP contribution < -0.4 is 0 Å². The molecular formula is C18H18O2. The summed E-state index contributed by atoms with van der Waals surface area (Å²) in [5.41, 5.74) is 4.24. The largest absolute Gasteiger partial charge is 0.508 e. The van der Waals surface area contributed by atoms with E-state index in [4.69, 9.17) is 0 Å². The van der Waals surface area contributed by atoms with Gasteiger partial charge in [-0.2, -0.15) is 0 Å². The molecule has 0 unspecified atom stereocenters. The smallest absolute Gasteiger partial charge is 0.119 e. The van der Waals surface area contributed by atoms with Gasteiger partial charge in [-0.25, -0.2) is 0 Å². The maximum atomic E-state index is 10.0. The molecule has 0 bridgehead atoms. The fourth-order valence-electron chi connectivity index (χ4n) is 3.30. The van der Waals surface area contributed by atoms with Gasteiger partial charge in [0.2, 0.25) is 0 Å². The molecule has 3 rings (SSSR count). The first-order valence-corrected chi connectivity index (χ1v) is 6.76. The number of aryl methyl sites for hydroxylation is 4. The summed E-state index contributed by atoms with van der Waals surface area (Å²) in [5, 5.41) is 24.3. The average Bonchev–Trinajstić information content (AvgIpc) is 2.34. The lowest BCUT2D eigenvalue weighted by atomic mass is 9.90. The van der Waals surface area contributed by atoms with Crippen LogP contribution in [-0.2, 0) is 0 Å². The van der Waals surface area contributed by atoms with Crippen LogP contribution in [0.2, 0.25) is 0 Å². The van der Waals surface area contributed by atoms with E-state index in [9.17, 15) is 10.2 Å². The van der Waals surface area contributed by atoms with Crippen molar-refractivity contribution in [3.05, 3.63) is 46.5 Å². The Morgan fingerprint density at radius 1 is 0.700 bits per heavy atom. The van der Waals surface area contributed by atoms with Gasteiger partial charge < -0.3 is 10.2 Å². The highest BCUT2D eigenvalue weighted by molar-refractivity contribution is 6.06. The summed E-state index contributed by atoms with van der Waals surface area (Å²) < 4.78 is 0. The van der Waals surface area contributed by atoms with Crippen molar-refractivity contribution in [3.63, 3.8) is 0 Å². The Morgan fingerprint density at radius 3 is 2.05 bits per heavy atom. The Hall–Kier alpha value is -2.22. The second-order valence-electron chi connectivity index (χ2n) is 5.62. The number of fused-ring (bicyclic) bond motifs is 2. The Morgan fingerprint density at radius 2 is 1.35 bits per heavy atom. The third kappa shape index (κ3) is 1.64. The number of hydrogen-bond acceptors (Lipinski definition) is 2. The Bertz CT molecular complexity index is 861. The van der Waals surface area contributed by atoms with Crippen molar-refractivity contribution in [1.82, 2.24) is 0 Å². The summed E-state index contributed by atoms with van der Waals surface area (Å²) in [6.07, 6.45) is 0. The molecule has 0 aromatic heterocycles. The van der Waals surface area contributed by atoms with Crippen LogP contribution in [0.1, 0.15) is 22.3 Å². The van der Waals surface area contributed by atoms with Gasteiger partial charge in [0, 0.05) is 0 Å². The molecule has 3 aromatic rings. The molecule has 102 valence electrons. The minimum Gasteiger partial charge on any atom is -0.508 e. The molecule has 0 saturated heterocycles. The van der Waals surface area contributed by atoms with Gasteiger partial charge in [0.25, 0.3) is 0 Å². The van der Waals surface area contributed by atoms with E-state index in [2.05, 4.69) is 13.0 Å². The predicted octanol–water partition coefficient (Wildman–Crippen LogP) is 4.64. The van der Waals surface area contributed by atoms with E-state index < -0.39 is 0 Å². The molecule has 0 atom stereocenters. The number of phenols is 2. The standard InChI is InChI=1S/C18H18O2/c1-9-5-14(19)7-13-8-15-11(3)16(20)6-10(2)18(15)12(4)17(9)13/h5-8,19-20H,1-4H3. The molecule has 0 fully saturated rings. The average molecular weight is 266 g/mol. The van der Waals surface area contributed by atoms with E-state index in [1.807, 2.05) is 26.8 Å². The summed E-state index contributed by atoms with van der Waals surface area (Å²) in [6, 6.07) is 7.47. The first-order valence-electron chi connectivity index (χ1n) is 6.76. The third-order valence-corrected chi connectivity index (χ3v) is 4.21. The summed E-state index contributed by atoms with van der Waals surface area (Å²) in [6.45, 7) is 8.08. The lowest BCUT2D eigenvalue weighted by Gasteiger charge is -2.15. The highest BCUT2D eigenvalue weighted by atomic mass is 16.3. The van der Waals surface area contributed by atoms with Gasteiger partial charge in [-0.05, 0) is 95.8 Å². The molecule has 0 saturated carbocycles. The van der Waals surface area contributed by atoms with Crippen LogP contribution in [0.25, 0.3) is 21.5 Å². The maximum Gasteiger partial charge on any atom is 0.119 e. The number of phenolic OH excluding ortho intramolecular Hbond substituents is 2.